The van der Waals surface area contributed by atoms with Crippen LogP contribution in [0, 0.1) is 5.82 Å². The van der Waals surface area contributed by atoms with Gasteiger partial charge in [0.05, 0.1) is 6.21 Å². The Balaban J connectivity index is 2.41. The molecule has 2 aromatic rings. The van der Waals surface area contributed by atoms with Gasteiger partial charge in [0.15, 0.2) is 0 Å². The molecule has 16 heavy (non-hydrogen) atoms. The van der Waals surface area contributed by atoms with Crippen LogP contribution in [-0.4, -0.2) is 12.2 Å². The lowest BCUT2D eigenvalue weighted by Crippen LogP contribution is -2.24. The number of nitrogens with one attached hydrogen (secondary N) is 1. The number of rotatable bonds is 2. The van der Waals surface area contributed by atoms with Crippen LogP contribution in [0.1, 0.15) is 5.56 Å². The molecule has 0 bridgehead atoms. The van der Waals surface area contributed by atoms with Crippen LogP contribution in [0.2, 0.25) is 0 Å². The average molecular weight is 237 g/mol. The second-order valence-corrected chi connectivity index (χ2v) is 3.98. The first-order chi connectivity index (χ1) is 7.68. The number of hydrogen-bond donors (Lipinski definition) is 2. The normalized spacial score (nSPS) is 11.1. The molecule has 1 aromatic carbocycles. The largest absolute Gasteiger partial charge is 0.350 e. The van der Waals surface area contributed by atoms with Gasteiger partial charge in [-0.05, 0) is 23.6 Å². The van der Waals surface area contributed by atoms with Crippen molar-refractivity contribution in [3.8, 4) is 0 Å². The van der Waals surface area contributed by atoms with Crippen molar-refractivity contribution in [2.24, 2.45) is 10.8 Å². The zero-order chi connectivity index (χ0) is 11.5. The van der Waals surface area contributed by atoms with Gasteiger partial charge in [-0.15, -0.1) is 11.3 Å². The predicted molar refractivity (Wildman–Crippen MR) is 62.1 cm³/mol. The Hall–Kier alpha value is -1.95. The number of carbonyl (C=O) groups excluding carboxylic acids is 1. The van der Waals surface area contributed by atoms with E-state index in [0.29, 0.717) is 5.56 Å². The van der Waals surface area contributed by atoms with E-state index in [1.54, 1.807) is 12.1 Å². The molecule has 0 saturated heterocycles. The summed E-state index contributed by atoms with van der Waals surface area (Å²) in [6.07, 6.45) is 1.25. The van der Waals surface area contributed by atoms with Crippen molar-refractivity contribution >= 4 is 33.7 Å². The molecule has 1 heterocycles. The summed E-state index contributed by atoms with van der Waals surface area (Å²) in [5.41, 5.74) is 7.20. The molecule has 0 atom stereocenters. The van der Waals surface area contributed by atoms with Crippen LogP contribution in [-0.2, 0) is 0 Å². The van der Waals surface area contributed by atoms with E-state index in [9.17, 15) is 9.18 Å². The van der Waals surface area contributed by atoms with Crippen LogP contribution >= 0.6 is 11.3 Å². The van der Waals surface area contributed by atoms with Gasteiger partial charge >= 0.3 is 6.03 Å². The molecule has 0 aliphatic carbocycles. The Bertz CT molecular complexity index is 564. The van der Waals surface area contributed by atoms with Crippen molar-refractivity contribution in [2.75, 3.05) is 0 Å². The Morgan fingerprint density at radius 3 is 3.06 bits per heavy atom. The molecular weight excluding hydrogens is 229 g/mol. The van der Waals surface area contributed by atoms with Crippen LogP contribution in [0.3, 0.4) is 0 Å². The van der Waals surface area contributed by atoms with Crippen molar-refractivity contribution in [2.45, 2.75) is 0 Å². The van der Waals surface area contributed by atoms with E-state index in [-0.39, 0.29) is 5.82 Å². The molecule has 0 unspecified atom stereocenters. The molecule has 3 N–H and O–H groups in total. The highest BCUT2D eigenvalue weighted by Crippen LogP contribution is 2.25. The maximum Gasteiger partial charge on any atom is 0.332 e. The quantitative estimate of drug-likeness (QED) is 0.609. The number of urea groups is 1. The molecule has 0 spiro atoms. The molecule has 6 heteroatoms. The van der Waals surface area contributed by atoms with Gasteiger partial charge in [0, 0.05) is 15.6 Å². The highest BCUT2D eigenvalue weighted by molar-refractivity contribution is 7.17. The van der Waals surface area contributed by atoms with Gasteiger partial charge in [-0.3, -0.25) is 0 Å². The number of benzene rings is 1. The van der Waals surface area contributed by atoms with Crippen LogP contribution in [0.5, 0.6) is 0 Å². The first-order valence-electron chi connectivity index (χ1n) is 4.42. The minimum absolute atomic E-state index is 0.340. The molecule has 0 saturated carbocycles. The third-order valence-corrected chi connectivity index (χ3v) is 2.87. The van der Waals surface area contributed by atoms with Crippen LogP contribution in [0.4, 0.5) is 9.18 Å². The van der Waals surface area contributed by atoms with Crippen molar-refractivity contribution in [3.63, 3.8) is 0 Å². The minimum atomic E-state index is -0.783. The van der Waals surface area contributed by atoms with Crippen LogP contribution in [0.15, 0.2) is 28.7 Å². The molecule has 2 rings (SSSR count). The lowest BCUT2D eigenvalue weighted by Gasteiger charge is -1.98. The van der Waals surface area contributed by atoms with E-state index in [0.717, 1.165) is 10.1 Å². The first kappa shape index (κ1) is 10.6. The SMILES string of the molecule is NC(=O)NN=Cc1c(F)ccc2sccc12. The number of hydrazone groups is 1. The van der Waals surface area contributed by atoms with E-state index in [1.165, 1.54) is 23.6 Å². The number of fused-ring (bicyclic) bond motifs is 1. The highest BCUT2D eigenvalue weighted by atomic mass is 32.1. The Kier molecular flexibility index (Phi) is 2.82. The number of carbonyl (C=O) groups is 1. The fourth-order valence-corrected chi connectivity index (χ4v) is 2.13. The highest BCUT2D eigenvalue weighted by Gasteiger charge is 2.06. The standard InChI is InChI=1S/C10H8FN3OS/c11-8-1-2-9-6(3-4-16-9)7(8)5-13-14-10(12)15/h1-5H,(H3,12,14,15). The topological polar surface area (TPSA) is 67.5 Å². The maximum atomic E-state index is 13.5. The second-order valence-electron chi connectivity index (χ2n) is 3.03. The lowest BCUT2D eigenvalue weighted by atomic mass is 10.1. The Labute approximate surface area is 94.6 Å². The van der Waals surface area contributed by atoms with Gasteiger partial charge in [-0.1, -0.05) is 0 Å². The molecular formula is C10H8FN3OS. The van der Waals surface area contributed by atoms with Crippen LogP contribution in [0.25, 0.3) is 10.1 Å². The number of thiophene rings is 1. The smallest absolute Gasteiger partial charge is 0.332 e. The molecule has 0 aliphatic rings. The molecule has 82 valence electrons. The van der Waals surface area contributed by atoms with Crippen molar-refractivity contribution in [1.82, 2.24) is 5.43 Å². The number of halogens is 1. The van der Waals surface area contributed by atoms with Gasteiger partial charge in [0.2, 0.25) is 0 Å². The number of nitrogens with two attached hydrogens (primary N) is 1. The van der Waals surface area contributed by atoms with Gasteiger partial charge in [-0.2, -0.15) is 5.10 Å². The number of hydrogen-bond acceptors (Lipinski definition) is 3. The van der Waals surface area contributed by atoms with E-state index in [2.05, 4.69) is 5.10 Å². The summed E-state index contributed by atoms with van der Waals surface area (Å²) >= 11 is 1.51. The molecule has 1 aromatic heterocycles. The van der Waals surface area contributed by atoms with E-state index >= 15 is 0 Å². The summed E-state index contributed by atoms with van der Waals surface area (Å²) in [6, 6.07) is 4.09. The molecule has 4 nitrogen and oxygen atoms in total. The van der Waals surface area contributed by atoms with Gasteiger partial charge in [0.25, 0.3) is 0 Å². The zero-order valence-corrected chi connectivity index (χ0v) is 8.92. The summed E-state index contributed by atoms with van der Waals surface area (Å²) in [5.74, 6) is -0.388. The summed E-state index contributed by atoms with van der Waals surface area (Å²) in [6.45, 7) is 0. The Morgan fingerprint density at radius 1 is 1.50 bits per heavy atom. The van der Waals surface area contributed by atoms with Gasteiger partial charge in [-0.25, -0.2) is 14.6 Å². The monoisotopic (exact) mass is 237 g/mol. The van der Waals surface area contributed by atoms with Gasteiger partial charge in [0.1, 0.15) is 5.82 Å². The predicted octanol–water partition coefficient (Wildman–Crippen LogP) is 2.04. The van der Waals surface area contributed by atoms with E-state index in [1.807, 2.05) is 10.8 Å². The summed E-state index contributed by atoms with van der Waals surface area (Å²) in [7, 11) is 0. The first-order valence-corrected chi connectivity index (χ1v) is 5.30. The number of nitrogens with zero attached hydrogens (tertiary/aromatic N) is 1. The number of primary amides is 1. The second kappa shape index (κ2) is 4.28. The van der Waals surface area contributed by atoms with Gasteiger partial charge < -0.3 is 5.73 Å². The Morgan fingerprint density at radius 2 is 2.31 bits per heavy atom. The third kappa shape index (κ3) is 2.01. The van der Waals surface area contributed by atoms with Crippen molar-refractivity contribution in [3.05, 3.63) is 35.0 Å². The van der Waals surface area contributed by atoms with E-state index in [4.69, 9.17) is 5.73 Å². The van der Waals surface area contributed by atoms with Crippen molar-refractivity contribution in [1.29, 1.82) is 0 Å². The molecule has 0 aliphatic heterocycles. The van der Waals surface area contributed by atoms with E-state index < -0.39 is 6.03 Å². The van der Waals surface area contributed by atoms with Crippen LogP contribution < -0.4 is 11.2 Å². The lowest BCUT2D eigenvalue weighted by molar-refractivity contribution is 0.249. The summed E-state index contributed by atoms with van der Waals surface area (Å²) in [5, 5.41) is 6.17. The average Bonchev–Trinajstić information content (AvgIpc) is 2.69. The molecule has 0 fully saturated rings. The minimum Gasteiger partial charge on any atom is -0.350 e. The summed E-state index contributed by atoms with van der Waals surface area (Å²) in [4.78, 5) is 10.4. The number of amides is 2. The zero-order valence-electron chi connectivity index (χ0n) is 8.11. The maximum absolute atomic E-state index is 13.5. The molecule has 0 radical (unpaired) electrons. The van der Waals surface area contributed by atoms with Crippen molar-refractivity contribution < 1.29 is 9.18 Å². The molecule has 2 amide bonds. The third-order valence-electron chi connectivity index (χ3n) is 1.99. The summed E-state index contributed by atoms with van der Waals surface area (Å²) < 4.78 is 14.5. The fourth-order valence-electron chi connectivity index (χ4n) is 1.33. The fraction of sp³-hybridized carbons (Fsp3) is 0.